The van der Waals surface area contributed by atoms with E-state index in [1.165, 1.54) is 4.90 Å². The predicted molar refractivity (Wildman–Crippen MR) is 97.0 cm³/mol. The summed E-state index contributed by atoms with van der Waals surface area (Å²) in [7, 11) is 3.31. The summed E-state index contributed by atoms with van der Waals surface area (Å²) in [5.74, 6) is 0.565. The number of nitrogens with zero attached hydrogens (tertiary/aromatic N) is 1. The van der Waals surface area contributed by atoms with E-state index >= 15 is 0 Å². The van der Waals surface area contributed by atoms with E-state index in [0.29, 0.717) is 22.4 Å². The molecule has 1 aromatic rings. The Morgan fingerprint density at radius 3 is 2.58 bits per heavy atom. The predicted octanol–water partition coefficient (Wildman–Crippen LogP) is 2.02. The number of rotatable bonds is 6. The molecule has 2 rings (SSSR count). The smallest absolute Gasteiger partial charge is 0.259 e. The van der Waals surface area contributed by atoms with Gasteiger partial charge in [-0.15, -0.1) is 12.4 Å². The highest BCUT2D eigenvalue weighted by Crippen LogP contribution is 2.28. The Bertz CT molecular complexity index is 592. The minimum atomic E-state index is -0.152. The molecule has 0 aromatic heterocycles. The number of amides is 2. The third-order valence-electron chi connectivity index (χ3n) is 3.98. The minimum Gasteiger partial charge on any atom is -0.482 e. The first-order chi connectivity index (χ1) is 10.9. The fourth-order valence-corrected chi connectivity index (χ4v) is 2.33. The van der Waals surface area contributed by atoms with E-state index in [-0.39, 0.29) is 36.7 Å². The molecule has 1 aromatic carbocycles. The summed E-state index contributed by atoms with van der Waals surface area (Å²) >= 11 is 6.15. The summed E-state index contributed by atoms with van der Waals surface area (Å²) in [4.78, 5) is 25.1. The van der Waals surface area contributed by atoms with Gasteiger partial charge in [0, 0.05) is 25.7 Å². The fourth-order valence-electron chi connectivity index (χ4n) is 2.10. The van der Waals surface area contributed by atoms with Crippen LogP contribution in [0.2, 0.25) is 5.02 Å². The maximum atomic E-state index is 12.2. The van der Waals surface area contributed by atoms with Crippen LogP contribution >= 0.6 is 24.0 Å². The Hall–Kier alpha value is -1.50. The van der Waals surface area contributed by atoms with Crippen LogP contribution in [0.1, 0.15) is 6.92 Å². The van der Waals surface area contributed by atoms with Crippen LogP contribution in [0.25, 0.3) is 0 Å². The Morgan fingerprint density at radius 2 is 2.08 bits per heavy atom. The molecule has 24 heavy (non-hydrogen) atoms. The maximum Gasteiger partial charge on any atom is 0.259 e. The van der Waals surface area contributed by atoms with Gasteiger partial charge < -0.3 is 20.3 Å². The summed E-state index contributed by atoms with van der Waals surface area (Å²) in [6.45, 7) is 3.60. The number of hydrogen-bond donors (Lipinski definition) is 2. The van der Waals surface area contributed by atoms with Crippen molar-refractivity contribution in [2.24, 2.45) is 11.8 Å². The van der Waals surface area contributed by atoms with Gasteiger partial charge in [-0.3, -0.25) is 9.59 Å². The van der Waals surface area contributed by atoms with Crippen molar-refractivity contribution in [2.75, 3.05) is 39.1 Å². The molecule has 0 bridgehead atoms. The van der Waals surface area contributed by atoms with Crippen LogP contribution in [0.3, 0.4) is 0 Å². The number of carbonyl (C=O) groups excluding carboxylic acids is 2. The van der Waals surface area contributed by atoms with Crippen LogP contribution in [0.15, 0.2) is 18.2 Å². The van der Waals surface area contributed by atoms with E-state index in [1.54, 1.807) is 32.3 Å². The number of carbonyl (C=O) groups is 2. The zero-order valence-electron chi connectivity index (χ0n) is 14.0. The Labute approximate surface area is 153 Å². The van der Waals surface area contributed by atoms with Crippen LogP contribution < -0.4 is 15.4 Å². The quantitative estimate of drug-likeness (QED) is 0.797. The molecule has 8 heteroatoms. The summed E-state index contributed by atoms with van der Waals surface area (Å²) in [6, 6.07) is 4.99. The Kier molecular flexibility index (Phi) is 7.79. The van der Waals surface area contributed by atoms with Crippen LogP contribution in [-0.2, 0) is 9.59 Å². The van der Waals surface area contributed by atoms with Gasteiger partial charge in [0.25, 0.3) is 5.91 Å². The number of benzene rings is 1. The number of nitrogens with one attached hydrogen (secondary N) is 2. The first kappa shape index (κ1) is 20.5. The van der Waals surface area contributed by atoms with E-state index in [1.807, 2.05) is 6.92 Å². The first-order valence-corrected chi connectivity index (χ1v) is 7.90. The molecule has 134 valence electrons. The van der Waals surface area contributed by atoms with Gasteiger partial charge in [0.2, 0.25) is 5.91 Å². The molecule has 1 aliphatic rings. The monoisotopic (exact) mass is 375 g/mol. The second-order valence-corrected chi connectivity index (χ2v) is 6.33. The highest BCUT2D eigenvalue weighted by molar-refractivity contribution is 6.32. The third kappa shape index (κ3) is 5.26. The summed E-state index contributed by atoms with van der Waals surface area (Å²) < 4.78 is 5.39. The molecular weight excluding hydrogens is 353 g/mol. The minimum absolute atomic E-state index is 0. The molecule has 2 amide bonds. The Morgan fingerprint density at radius 1 is 1.42 bits per heavy atom. The molecule has 1 aliphatic heterocycles. The van der Waals surface area contributed by atoms with Crippen molar-refractivity contribution in [1.29, 1.82) is 0 Å². The van der Waals surface area contributed by atoms with Gasteiger partial charge in [0.15, 0.2) is 6.61 Å². The molecule has 1 heterocycles. The lowest BCUT2D eigenvalue weighted by Gasteiger charge is -2.31. The van der Waals surface area contributed by atoms with Gasteiger partial charge in [-0.05, 0) is 37.2 Å². The lowest BCUT2D eigenvalue weighted by Crippen LogP contribution is -2.48. The average molecular weight is 376 g/mol. The molecule has 1 atom stereocenters. The molecule has 1 fully saturated rings. The number of ether oxygens (including phenoxy) is 1. The second-order valence-electron chi connectivity index (χ2n) is 5.92. The van der Waals surface area contributed by atoms with E-state index in [9.17, 15) is 9.59 Å². The SMILES string of the molecule is CC(C(=O)Nc1ccc(OCC(=O)N(C)C)c(Cl)c1)C1CNC1.Cl. The zero-order valence-corrected chi connectivity index (χ0v) is 15.5. The second kappa shape index (κ2) is 9.11. The highest BCUT2D eigenvalue weighted by Gasteiger charge is 2.28. The molecule has 0 radical (unpaired) electrons. The van der Waals surface area contributed by atoms with E-state index < -0.39 is 0 Å². The summed E-state index contributed by atoms with van der Waals surface area (Å²) in [6.07, 6.45) is 0. The number of hydrogen-bond acceptors (Lipinski definition) is 4. The number of likely N-dealkylation sites (N-methyl/N-ethyl adjacent to an activating group) is 1. The molecule has 0 saturated carbocycles. The fraction of sp³-hybridized carbons (Fsp3) is 0.500. The number of halogens is 2. The van der Waals surface area contributed by atoms with Crippen LogP contribution in [0.4, 0.5) is 5.69 Å². The van der Waals surface area contributed by atoms with Gasteiger partial charge >= 0.3 is 0 Å². The lowest BCUT2D eigenvalue weighted by atomic mass is 9.88. The van der Waals surface area contributed by atoms with Gasteiger partial charge in [0.05, 0.1) is 5.02 Å². The van der Waals surface area contributed by atoms with E-state index in [0.717, 1.165) is 13.1 Å². The van der Waals surface area contributed by atoms with E-state index in [2.05, 4.69) is 10.6 Å². The van der Waals surface area contributed by atoms with Crippen LogP contribution in [0.5, 0.6) is 5.75 Å². The molecule has 1 saturated heterocycles. The average Bonchev–Trinajstić information content (AvgIpc) is 2.44. The summed E-state index contributed by atoms with van der Waals surface area (Å²) in [5.41, 5.74) is 0.616. The molecule has 1 unspecified atom stereocenters. The maximum absolute atomic E-state index is 12.2. The lowest BCUT2D eigenvalue weighted by molar-refractivity contribution is -0.130. The van der Waals surface area contributed by atoms with Crippen molar-refractivity contribution < 1.29 is 14.3 Å². The van der Waals surface area contributed by atoms with Gasteiger partial charge in [-0.1, -0.05) is 18.5 Å². The number of anilines is 1. The molecule has 0 spiro atoms. The normalized spacial score (nSPS) is 14.8. The van der Waals surface area contributed by atoms with Crippen molar-refractivity contribution in [2.45, 2.75) is 6.92 Å². The molecule has 0 aliphatic carbocycles. The van der Waals surface area contributed by atoms with Crippen molar-refractivity contribution in [3.05, 3.63) is 23.2 Å². The molecule has 6 nitrogen and oxygen atoms in total. The van der Waals surface area contributed by atoms with Crippen molar-refractivity contribution in [3.63, 3.8) is 0 Å². The van der Waals surface area contributed by atoms with Crippen molar-refractivity contribution in [1.82, 2.24) is 10.2 Å². The van der Waals surface area contributed by atoms with Crippen molar-refractivity contribution >= 4 is 41.5 Å². The zero-order chi connectivity index (χ0) is 17.0. The van der Waals surface area contributed by atoms with Crippen molar-refractivity contribution in [3.8, 4) is 5.75 Å². The standard InChI is InChI=1S/C16H22ClN3O3.ClH/c1-10(11-7-18-8-11)16(22)19-12-4-5-14(13(17)6-12)23-9-15(21)20(2)3;/h4-6,10-11,18H,7-9H2,1-3H3,(H,19,22);1H. The largest absolute Gasteiger partial charge is 0.482 e. The summed E-state index contributed by atoms with van der Waals surface area (Å²) in [5, 5.41) is 6.37. The molecule has 2 N–H and O–H groups in total. The highest BCUT2D eigenvalue weighted by atomic mass is 35.5. The third-order valence-corrected chi connectivity index (χ3v) is 4.28. The van der Waals surface area contributed by atoms with Crippen LogP contribution in [0, 0.1) is 11.8 Å². The van der Waals surface area contributed by atoms with Gasteiger partial charge in [-0.25, -0.2) is 0 Å². The van der Waals surface area contributed by atoms with Gasteiger partial charge in [-0.2, -0.15) is 0 Å². The first-order valence-electron chi connectivity index (χ1n) is 7.52. The van der Waals surface area contributed by atoms with Crippen LogP contribution in [-0.4, -0.2) is 50.5 Å². The van der Waals surface area contributed by atoms with E-state index in [4.69, 9.17) is 16.3 Å². The van der Waals surface area contributed by atoms with Gasteiger partial charge in [0.1, 0.15) is 5.75 Å². The molecular formula is C16H23Cl2N3O3. The topological polar surface area (TPSA) is 70.7 Å². The Balaban J connectivity index is 0.00000288.